The maximum atomic E-state index is 14.7. The van der Waals surface area contributed by atoms with Gasteiger partial charge in [0.1, 0.15) is 5.82 Å². The molecule has 2 aliphatic heterocycles. The molecule has 4 rings (SSSR count). The number of nitrogens with zero attached hydrogens (tertiary/aromatic N) is 2. The smallest absolute Gasteiger partial charge is 0.146 e. The first-order valence-corrected chi connectivity index (χ1v) is 9.71. The van der Waals surface area contributed by atoms with E-state index < -0.39 is 0 Å². The van der Waals surface area contributed by atoms with Gasteiger partial charge in [0, 0.05) is 32.2 Å². The van der Waals surface area contributed by atoms with Gasteiger partial charge in [-0.1, -0.05) is 39.7 Å². The van der Waals surface area contributed by atoms with Crippen molar-refractivity contribution in [3.8, 4) is 0 Å². The largest absolute Gasteiger partial charge is 0.368 e. The molecule has 0 amide bonds. The summed E-state index contributed by atoms with van der Waals surface area (Å²) in [5.74, 6) is 1.41. The number of hydrogen-bond acceptors (Lipinski definition) is 2. The first kappa shape index (κ1) is 16.4. The summed E-state index contributed by atoms with van der Waals surface area (Å²) < 4.78 is 14.7. The molecular formula is C21H31FN2. The van der Waals surface area contributed by atoms with E-state index in [1.165, 1.54) is 38.8 Å². The van der Waals surface area contributed by atoms with Gasteiger partial charge in [-0.25, -0.2) is 4.39 Å². The van der Waals surface area contributed by atoms with Crippen LogP contribution in [0.5, 0.6) is 0 Å². The molecular weight excluding hydrogens is 299 g/mol. The van der Waals surface area contributed by atoms with Crippen molar-refractivity contribution >= 4 is 5.69 Å². The SMILES string of the molecule is CC(C)(C)c1ccc(N2CC3CN(C4CCCC4)CC3C2)c(F)c1. The normalized spacial score (nSPS) is 28.8. The molecule has 1 aliphatic carbocycles. The first-order valence-electron chi connectivity index (χ1n) is 9.71. The van der Waals surface area contributed by atoms with E-state index in [1.54, 1.807) is 6.07 Å². The number of halogens is 1. The number of likely N-dealkylation sites (tertiary alicyclic amines) is 1. The van der Waals surface area contributed by atoms with Crippen LogP contribution in [0.2, 0.25) is 0 Å². The van der Waals surface area contributed by atoms with Crippen LogP contribution in [0.4, 0.5) is 10.1 Å². The Hall–Kier alpha value is -1.09. The van der Waals surface area contributed by atoms with Crippen molar-refractivity contribution in [2.75, 3.05) is 31.1 Å². The Kier molecular flexibility index (Phi) is 4.11. The standard InChI is InChI=1S/C21H31FN2/c1-21(2,3)17-8-9-20(19(22)10-17)24-13-15-11-23(12-16(15)14-24)18-6-4-5-7-18/h8-10,15-16,18H,4-7,11-14H2,1-3H3. The van der Waals surface area contributed by atoms with Crippen molar-refractivity contribution in [2.24, 2.45) is 11.8 Å². The molecule has 0 radical (unpaired) electrons. The lowest BCUT2D eigenvalue weighted by Crippen LogP contribution is -2.35. The third kappa shape index (κ3) is 2.96. The van der Waals surface area contributed by atoms with Crippen molar-refractivity contribution in [2.45, 2.75) is 57.9 Å². The van der Waals surface area contributed by atoms with Crippen LogP contribution in [0.3, 0.4) is 0 Å². The Morgan fingerprint density at radius 1 is 0.958 bits per heavy atom. The van der Waals surface area contributed by atoms with Crippen LogP contribution in [-0.2, 0) is 5.41 Å². The first-order chi connectivity index (χ1) is 11.4. The van der Waals surface area contributed by atoms with Crippen molar-refractivity contribution < 1.29 is 4.39 Å². The lowest BCUT2D eigenvalue weighted by atomic mass is 9.87. The zero-order valence-electron chi connectivity index (χ0n) is 15.4. The van der Waals surface area contributed by atoms with E-state index in [-0.39, 0.29) is 11.2 Å². The van der Waals surface area contributed by atoms with Crippen LogP contribution in [0.1, 0.15) is 52.0 Å². The third-order valence-electron chi connectivity index (χ3n) is 6.51. The third-order valence-corrected chi connectivity index (χ3v) is 6.51. The molecule has 2 saturated heterocycles. The van der Waals surface area contributed by atoms with Crippen molar-refractivity contribution in [3.63, 3.8) is 0 Å². The Morgan fingerprint density at radius 2 is 1.58 bits per heavy atom. The summed E-state index contributed by atoms with van der Waals surface area (Å²) in [7, 11) is 0. The summed E-state index contributed by atoms with van der Waals surface area (Å²) in [6.07, 6.45) is 5.61. The fourth-order valence-corrected chi connectivity index (χ4v) is 5.02. The van der Waals surface area contributed by atoms with E-state index in [0.29, 0.717) is 0 Å². The van der Waals surface area contributed by atoms with Gasteiger partial charge in [-0.3, -0.25) is 4.90 Å². The molecule has 3 heteroatoms. The maximum absolute atomic E-state index is 14.7. The maximum Gasteiger partial charge on any atom is 0.146 e. The van der Waals surface area contributed by atoms with Gasteiger partial charge < -0.3 is 4.90 Å². The summed E-state index contributed by atoms with van der Waals surface area (Å²) in [5.41, 5.74) is 1.89. The quantitative estimate of drug-likeness (QED) is 0.791. The molecule has 2 nitrogen and oxygen atoms in total. The van der Waals surface area contributed by atoms with Gasteiger partial charge in [-0.2, -0.15) is 0 Å². The summed E-state index contributed by atoms with van der Waals surface area (Å²) in [4.78, 5) is 5.03. The van der Waals surface area contributed by atoms with E-state index in [4.69, 9.17) is 0 Å². The van der Waals surface area contributed by atoms with Crippen LogP contribution in [0.15, 0.2) is 18.2 Å². The molecule has 3 fully saturated rings. The van der Waals surface area contributed by atoms with Gasteiger partial charge >= 0.3 is 0 Å². The molecule has 0 aromatic heterocycles. The number of hydrogen-bond donors (Lipinski definition) is 0. The summed E-state index contributed by atoms with van der Waals surface area (Å²) in [5, 5.41) is 0. The van der Waals surface area contributed by atoms with Gasteiger partial charge in [0.25, 0.3) is 0 Å². The second-order valence-electron chi connectivity index (χ2n) is 9.23. The van der Waals surface area contributed by atoms with Crippen LogP contribution >= 0.6 is 0 Å². The van der Waals surface area contributed by atoms with E-state index in [0.717, 1.165) is 42.2 Å². The highest BCUT2D eigenvalue weighted by Crippen LogP contribution is 2.38. The molecule has 1 aromatic carbocycles. The van der Waals surface area contributed by atoms with Crippen molar-refractivity contribution in [3.05, 3.63) is 29.6 Å². The predicted molar refractivity (Wildman–Crippen MR) is 98.1 cm³/mol. The molecule has 2 heterocycles. The van der Waals surface area contributed by atoms with Gasteiger partial charge in [0.05, 0.1) is 5.69 Å². The van der Waals surface area contributed by atoms with Gasteiger partial charge in [-0.15, -0.1) is 0 Å². The van der Waals surface area contributed by atoms with Gasteiger partial charge in [-0.05, 0) is 47.8 Å². The van der Waals surface area contributed by atoms with Crippen molar-refractivity contribution in [1.29, 1.82) is 0 Å². The summed E-state index contributed by atoms with van der Waals surface area (Å²) in [6.45, 7) is 10.9. The second kappa shape index (κ2) is 6.01. The molecule has 132 valence electrons. The number of fused-ring (bicyclic) bond motifs is 1. The molecule has 0 bridgehead atoms. The van der Waals surface area contributed by atoms with Crippen molar-refractivity contribution in [1.82, 2.24) is 4.90 Å². The number of anilines is 1. The summed E-state index contributed by atoms with van der Waals surface area (Å²) in [6, 6.07) is 6.70. The monoisotopic (exact) mass is 330 g/mol. The lowest BCUT2D eigenvalue weighted by Gasteiger charge is -2.28. The molecule has 1 aromatic rings. The average molecular weight is 330 g/mol. The molecule has 2 unspecified atom stereocenters. The van der Waals surface area contributed by atoms with Crippen LogP contribution in [0, 0.1) is 17.7 Å². The minimum Gasteiger partial charge on any atom is -0.368 e. The Balaban J connectivity index is 1.43. The molecule has 2 atom stereocenters. The van der Waals surface area contributed by atoms with E-state index >= 15 is 0 Å². The van der Waals surface area contributed by atoms with Crippen LogP contribution in [0.25, 0.3) is 0 Å². The average Bonchev–Trinajstić information content (AvgIpc) is 3.21. The molecule has 0 N–H and O–H groups in total. The Labute approximate surface area is 146 Å². The van der Waals surface area contributed by atoms with E-state index in [2.05, 4.69) is 36.6 Å². The highest BCUT2D eigenvalue weighted by Gasteiger charge is 2.42. The topological polar surface area (TPSA) is 6.48 Å². The molecule has 0 spiro atoms. The highest BCUT2D eigenvalue weighted by molar-refractivity contribution is 5.51. The van der Waals surface area contributed by atoms with E-state index in [9.17, 15) is 4.39 Å². The van der Waals surface area contributed by atoms with E-state index in [1.807, 2.05) is 6.07 Å². The Bertz CT molecular complexity index is 586. The molecule has 1 saturated carbocycles. The number of benzene rings is 1. The van der Waals surface area contributed by atoms with Gasteiger partial charge in [0.2, 0.25) is 0 Å². The zero-order valence-corrected chi connectivity index (χ0v) is 15.4. The minimum atomic E-state index is -0.0463. The minimum absolute atomic E-state index is 0.00265. The van der Waals surface area contributed by atoms with Crippen LogP contribution in [-0.4, -0.2) is 37.1 Å². The second-order valence-corrected chi connectivity index (χ2v) is 9.23. The fraction of sp³-hybridized carbons (Fsp3) is 0.714. The highest BCUT2D eigenvalue weighted by atomic mass is 19.1. The lowest BCUT2D eigenvalue weighted by molar-refractivity contribution is 0.231. The fourth-order valence-electron chi connectivity index (χ4n) is 5.02. The summed E-state index contributed by atoms with van der Waals surface area (Å²) >= 11 is 0. The molecule has 24 heavy (non-hydrogen) atoms. The van der Waals surface area contributed by atoms with Gasteiger partial charge in [0.15, 0.2) is 0 Å². The predicted octanol–water partition coefficient (Wildman–Crippen LogP) is 4.43. The number of rotatable bonds is 2. The zero-order chi connectivity index (χ0) is 16.9. The molecule has 3 aliphatic rings. The Morgan fingerprint density at radius 3 is 2.12 bits per heavy atom. The van der Waals surface area contributed by atoms with Crippen LogP contribution < -0.4 is 4.90 Å².